The molecule has 8 heteroatoms. The van der Waals surface area contributed by atoms with Crippen molar-refractivity contribution in [1.82, 2.24) is 10.2 Å². The quantitative estimate of drug-likeness (QED) is 0.207. The molecule has 25 heavy (non-hydrogen) atoms. The lowest BCUT2D eigenvalue weighted by molar-refractivity contribution is 0.474. The first-order valence-electron chi connectivity index (χ1n) is 8.29. The van der Waals surface area contributed by atoms with Gasteiger partial charge in [0.15, 0.2) is 5.96 Å². The van der Waals surface area contributed by atoms with Crippen LogP contribution in [0.5, 0.6) is 0 Å². The monoisotopic (exact) mass is 497 g/mol. The standard InChI is InChI=1S/C17H27N3O2S2.HI/c1-18-17(19-10-6-12-24(2,21)22)20-11-9-15(13-20)14-23-16-7-4-3-5-8-16;/h3-5,7-8,15H,6,9-14H2,1-2H3,(H,18,19);1H. The van der Waals surface area contributed by atoms with Crippen LogP contribution in [0.2, 0.25) is 0 Å². The summed E-state index contributed by atoms with van der Waals surface area (Å²) in [4.78, 5) is 7.93. The second-order valence-electron chi connectivity index (χ2n) is 6.18. The van der Waals surface area contributed by atoms with Crippen LogP contribution in [0, 0.1) is 5.92 Å². The van der Waals surface area contributed by atoms with Crippen LogP contribution in [0.25, 0.3) is 0 Å². The summed E-state index contributed by atoms with van der Waals surface area (Å²) in [6.07, 6.45) is 3.06. The molecule has 1 heterocycles. The Kier molecular flexibility index (Phi) is 10.2. The molecule has 1 atom stereocenters. The van der Waals surface area contributed by atoms with Crippen LogP contribution in [0.4, 0.5) is 0 Å². The van der Waals surface area contributed by atoms with Gasteiger partial charge in [0.1, 0.15) is 9.84 Å². The highest BCUT2D eigenvalue weighted by Gasteiger charge is 2.24. The molecular weight excluding hydrogens is 469 g/mol. The van der Waals surface area contributed by atoms with Gasteiger partial charge in [0.05, 0.1) is 5.75 Å². The highest BCUT2D eigenvalue weighted by Crippen LogP contribution is 2.25. The van der Waals surface area contributed by atoms with Crippen molar-refractivity contribution in [3.8, 4) is 0 Å². The van der Waals surface area contributed by atoms with Gasteiger partial charge < -0.3 is 10.2 Å². The minimum Gasteiger partial charge on any atom is -0.356 e. The smallest absolute Gasteiger partial charge is 0.193 e. The Morgan fingerprint density at radius 2 is 2.08 bits per heavy atom. The first kappa shape index (κ1) is 22.6. The molecule has 0 bridgehead atoms. The first-order chi connectivity index (χ1) is 11.5. The number of nitrogens with one attached hydrogen (secondary N) is 1. The van der Waals surface area contributed by atoms with Crippen LogP contribution in [0.1, 0.15) is 12.8 Å². The molecule has 1 aromatic carbocycles. The predicted molar refractivity (Wildman–Crippen MR) is 118 cm³/mol. The van der Waals surface area contributed by atoms with Crippen molar-refractivity contribution < 1.29 is 8.42 Å². The summed E-state index contributed by atoms with van der Waals surface area (Å²) in [5.41, 5.74) is 0. The Bertz CT molecular complexity index is 639. The number of sulfone groups is 1. The molecule has 142 valence electrons. The van der Waals surface area contributed by atoms with Crippen LogP contribution in [0.15, 0.2) is 40.2 Å². The largest absolute Gasteiger partial charge is 0.356 e. The zero-order chi connectivity index (χ0) is 17.4. The summed E-state index contributed by atoms with van der Waals surface area (Å²) in [5.74, 6) is 2.87. The molecule has 0 aromatic heterocycles. The highest BCUT2D eigenvalue weighted by molar-refractivity contribution is 14.0. The fourth-order valence-electron chi connectivity index (χ4n) is 2.76. The molecule has 0 saturated carbocycles. The summed E-state index contributed by atoms with van der Waals surface area (Å²) >= 11 is 1.91. The lowest BCUT2D eigenvalue weighted by atomic mass is 10.2. The predicted octanol–water partition coefficient (Wildman–Crippen LogP) is 2.73. The topological polar surface area (TPSA) is 61.8 Å². The summed E-state index contributed by atoms with van der Waals surface area (Å²) in [7, 11) is -1.10. The van der Waals surface area contributed by atoms with E-state index in [2.05, 4.69) is 39.5 Å². The number of benzene rings is 1. The Balaban J connectivity index is 0.00000312. The van der Waals surface area contributed by atoms with Gasteiger partial charge in [0.25, 0.3) is 0 Å². The number of likely N-dealkylation sites (tertiary alicyclic amines) is 1. The van der Waals surface area contributed by atoms with Crippen molar-refractivity contribution in [3.05, 3.63) is 30.3 Å². The van der Waals surface area contributed by atoms with Crippen molar-refractivity contribution in [1.29, 1.82) is 0 Å². The van der Waals surface area contributed by atoms with Gasteiger partial charge in [-0.1, -0.05) is 18.2 Å². The van der Waals surface area contributed by atoms with E-state index in [9.17, 15) is 8.42 Å². The maximum atomic E-state index is 11.2. The number of hydrogen-bond donors (Lipinski definition) is 1. The fourth-order valence-corrected chi connectivity index (χ4v) is 4.48. The number of rotatable bonds is 7. The Labute approximate surface area is 173 Å². The zero-order valence-corrected chi connectivity index (χ0v) is 18.8. The molecule has 1 saturated heterocycles. The maximum Gasteiger partial charge on any atom is 0.193 e. The van der Waals surface area contributed by atoms with Crippen molar-refractivity contribution in [3.63, 3.8) is 0 Å². The Morgan fingerprint density at radius 3 is 2.72 bits per heavy atom. The Hall–Kier alpha value is -0.480. The third-order valence-corrected chi connectivity index (χ3v) is 6.27. The van der Waals surface area contributed by atoms with E-state index < -0.39 is 9.84 Å². The third-order valence-electron chi connectivity index (χ3n) is 4.00. The molecule has 1 aliphatic rings. The van der Waals surface area contributed by atoms with Gasteiger partial charge in [-0.25, -0.2) is 8.42 Å². The summed E-state index contributed by atoms with van der Waals surface area (Å²) in [6.45, 7) is 2.65. The number of nitrogens with zero attached hydrogens (tertiary/aromatic N) is 2. The molecule has 5 nitrogen and oxygen atoms in total. The lowest BCUT2D eigenvalue weighted by Crippen LogP contribution is -2.40. The second kappa shape index (κ2) is 11.3. The maximum absolute atomic E-state index is 11.2. The summed E-state index contributed by atoms with van der Waals surface area (Å²) in [5, 5.41) is 3.28. The van der Waals surface area contributed by atoms with Crippen LogP contribution in [0.3, 0.4) is 0 Å². The van der Waals surface area contributed by atoms with Crippen molar-refractivity contribution in [2.24, 2.45) is 10.9 Å². The molecule has 0 radical (unpaired) electrons. The minimum absolute atomic E-state index is 0. The van der Waals surface area contributed by atoms with Crippen LogP contribution in [-0.2, 0) is 9.84 Å². The Morgan fingerprint density at radius 1 is 1.36 bits per heavy atom. The van der Waals surface area contributed by atoms with Crippen LogP contribution < -0.4 is 5.32 Å². The molecule has 1 aromatic rings. The van der Waals surface area contributed by atoms with Crippen molar-refractivity contribution >= 4 is 51.5 Å². The van der Waals surface area contributed by atoms with E-state index in [0.717, 1.165) is 24.8 Å². The number of thioether (sulfide) groups is 1. The van der Waals surface area contributed by atoms with E-state index in [1.54, 1.807) is 7.05 Å². The van der Waals surface area contributed by atoms with Crippen molar-refractivity contribution in [2.45, 2.75) is 17.7 Å². The van der Waals surface area contributed by atoms with Gasteiger partial charge in [0.2, 0.25) is 0 Å². The molecule has 1 N–H and O–H groups in total. The van der Waals surface area contributed by atoms with E-state index >= 15 is 0 Å². The summed E-state index contributed by atoms with van der Waals surface area (Å²) < 4.78 is 22.3. The normalized spacial score (nSPS) is 18.1. The van der Waals surface area contributed by atoms with Gasteiger partial charge in [-0.2, -0.15) is 0 Å². The van der Waals surface area contributed by atoms with Gasteiger partial charge in [-0.3, -0.25) is 4.99 Å². The highest BCUT2D eigenvalue weighted by atomic mass is 127. The molecule has 0 amide bonds. The summed E-state index contributed by atoms with van der Waals surface area (Å²) in [6, 6.07) is 10.5. The minimum atomic E-state index is -2.89. The van der Waals surface area contributed by atoms with E-state index in [4.69, 9.17) is 0 Å². The molecule has 1 fully saturated rings. The van der Waals surface area contributed by atoms with E-state index in [-0.39, 0.29) is 29.7 Å². The number of aliphatic imine (C=N–C) groups is 1. The van der Waals surface area contributed by atoms with Crippen LogP contribution >= 0.6 is 35.7 Å². The molecule has 1 aliphatic heterocycles. The number of guanidine groups is 1. The second-order valence-corrected chi connectivity index (χ2v) is 9.54. The van der Waals surface area contributed by atoms with Gasteiger partial charge >= 0.3 is 0 Å². The van der Waals surface area contributed by atoms with Gasteiger partial charge in [-0.15, -0.1) is 35.7 Å². The van der Waals surface area contributed by atoms with E-state index in [1.807, 2.05) is 17.8 Å². The van der Waals surface area contributed by atoms with Gasteiger partial charge in [-0.05, 0) is 30.9 Å². The number of hydrogen-bond acceptors (Lipinski definition) is 4. The number of halogens is 1. The fraction of sp³-hybridized carbons (Fsp3) is 0.588. The lowest BCUT2D eigenvalue weighted by Gasteiger charge is -2.21. The molecule has 0 spiro atoms. The SMILES string of the molecule is CN=C(NCCCS(C)(=O)=O)N1CCC(CSc2ccccc2)C1.I. The van der Waals surface area contributed by atoms with Crippen molar-refractivity contribution in [2.75, 3.05) is 44.4 Å². The molecule has 0 aliphatic carbocycles. The first-order valence-corrected chi connectivity index (χ1v) is 11.3. The molecule has 2 rings (SSSR count). The molecular formula is C17H28IN3O2S2. The molecule has 1 unspecified atom stereocenters. The van der Waals surface area contributed by atoms with E-state index in [0.29, 0.717) is 18.9 Å². The van der Waals surface area contributed by atoms with E-state index in [1.165, 1.54) is 17.6 Å². The van der Waals surface area contributed by atoms with Crippen LogP contribution in [-0.4, -0.2) is 63.7 Å². The third kappa shape index (κ3) is 8.63. The zero-order valence-electron chi connectivity index (χ0n) is 14.8. The van der Waals surface area contributed by atoms with Gasteiger partial charge in [0, 0.05) is 43.6 Å². The average molecular weight is 497 g/mol. The average Bonchev–Trinajstić information content (AvgIpc) is 3.02.